The van der Waals surface area contributed by atoms with Gasteiger partial charge >= 0.3 is 0 Å². The number of halogens is 2. The van der Waals surface area contributed by atoms with E-state index in [1.54, 1.807) is 0 Å². The second kappa shape index (κ2) is 7.98. The van der Waals surface area contributed by atoms with Gasteiger partial charge in [0.15, 0.2) is 11.5 Å². The van der Waals surface area contributed by atoms with Crippen molar-refractivity contribution in [1.82, 2.24) is 5.32 Å². The summed E-state index contributed by atoms with van der Waals surface area (Å²) >= 11 is 8.98. The Balaban J connectivity index is 2.16. The summed E-state index contributed by atoms with van der Waals surface area (Å²) in [7, 11) is -3.04. The number of nitriles is 1. The maximum absolute atomic E-state index is 12.9. The Kier molecular flexibility index (Phi) is 5.91. The Labute approximate surface area is 186 Å². The largest absolute Gasteiger partial charge is 0.505 e. The summed E-state index contributed by atoms with van der Waals surface area (Å²) in [5, 5.41) is 32.5. The molecular formula is C19H17BrClN3O5S. The number of nitrogens with one attached hydrogen (secondary N) is 2. The molecular weight excluding hydrogens is 498 g/mol. The van der Waals surface area contributed by atoms with Crippen molar-refractivity contribution in [2.24, 2.45) is 0 Å². The zero-order valence-electron chi connectivity index (χ0n) is 15.7. The van der Waals surface area contributed by atoms with E-state index in [0.29, 0.717) is 22.9 Å². The molecule has 0 spiro atoms. The number of carbonyl (C=O) groups excluding carboxylic acids is 1. The van der Waals surface area contributed by atoms with Gasteiger partial charge in [-0.3, -0.25) is 9.52 Å². The number of amides is 1. The molecule has 1 aliphatic rings. The summed E-state index contributed by atoms with van der Waals surface area (Å²) in [5.74, 6) is -1.91. The van der Waals surface area contributed by atoms with Crippen molar-refractivity contribution in [2.45, 2.75) is 29.6 Å². The number of hydrogen-bond donors (Lipinski definition) is 4. The van der Waals surface area contributed by atoms with Crippen LogP contribution < -0.4 is 10.0 Å². The SMILES string of the molecule is CNC(=O)c1cc(C2(C#N)CCC2)cc(NS(=O)(=O)c2cc(Br)cc(Cl)c2O)c1O. The highest BCUT2D eigenvalue weighted by Gasteiger charge is 2.40. The van der Waals surface area contributed by atoms with Crippen molar-refractivity contribution in [2.75, 3.05) is 11.8 Å². The van der Waals surface area contributed by atoms with E-state index in [9.17, 15) is 28.7 Å². The van der Waals surface area contributed by atoms with Crippen LogP contribution in [0.1, 0.15) is 35.2 Å². The highest BCUT2D eigenvalue weighted by molar-refractivity contribution is 9.10. The molecule has 2 aromatic rings. The van der Waals surface area contributed by atoms with Crippen molar-refractivity contribution < 1.29 is 23.4 Å². The van der Waals surface area contributed by atoms with Crippen LogP contribution in [-0.2, 0) is 15.4 Å². The lowest BCUT2D eigenvalue weighted by atomic mass is 9.65. The number of nitrogens with zero attached hydrogens (tertiary/aromatic N) is 1. The number of hydrogen-bond acceptors (Lipinski definition) is 6. The molecule has 1 amide bonds. The van der Waals surface area contributed by atoms with Gasteiger partial charge in [-0.2, -0.15) is 5.26 Å². The third-order valence-corrected chi connectivity index (χ3v) is 7.21. The van der Waals surface area contributed by atoms with Gasteiger partial charge in [-0.25, -0.2) is 8.42 Å². The summed E-state index contributed by atoms with van der Waals surface area (Å²) in [5.41, 5.74) is -0.909. The summed E-state index contributed by atoms with van der Waals surface area (Å²) < 4.78 is 28.3. The molecule has 8 nitrogen and oxygen atoms in total. The summed E-state index contributed by atoms with van der Waals surface area (Å²) in [6.45, 7) is 0. The van der Waals surface area contributed by atoms with Gasteiger partial charge in [0.25, 0.3) is 15.9 Å². The van der Waals surface area contributed by atoms with Gasteiger partial charge in [-0.05, 0) is 49.1 Å². The first-order valence-electron chi connectivity index (χ1n) is 8.76. The molecule has 158 valence electrons. The number of rotatable bonds is 5. The highest BCUT2D eigenvalue weighted by atomic mass is 79.9. The average Bonchev–Trinajstić information content (AvgIpc) is 2.65. The third kappa shape index (κ3) is 3.80. The van der Waals surface area contributed by atoms with Crippen LogP contribution >= 0.6 is 27.5 Å². The van der Waals surface area contributed by atoms with E-state index in [1.165, 1.54) is 25.2 Å². The van der Waals surface area contributed by atoms with Crippen LogP contribution in [0.25, 0.3) is 0 Å². The molecule has 0 heterocycles. The van der Waals surface area contributed by atoms with Crippen LogP contribution in [-0.4, -0.2) is 31.6 Å². The van der Waals surface area contributed by atoms with Crippen LogP contribution in [0.15, 0.2) is 33.6 Å². The second-order valence-corrected chi connectivity index (χ2v) is 9.86. The van der Waals surface area contributed by atoms with Crippen LogP contribution in [0.2, 0.25) is 5.02 Å². The van der Waals surface area contributed by atoms with Crippen molar-refractivity contribution in [3.8, 4) is 17.6 Å². The van der Waals surface area contributed by atoms with E-state index in [0.717, 1.165) is 12.5 Å². The molecule has 3 rings (SSSR count). The van der Waals surface area contributed by atoms with Gasteiger partial charge in [0.05, 0.1) is 27.8 Å². The minimum absolute atomic E-state index is 0.175. The van der Waals surface area contributed by atoms with E-state index in [1.807, 2.05) is 0 Å². The third-order valence-electron chi connectivity index (χ3n) is 5.08. The summed E-state index contributed by atoms with van der Waals surface area (Å²) in [4.78, 5) is 11.7. The predicted octanol–water partition coefficient (Wildman–Crippen LogP) is 3.62. The lowest BCUT2D eigenvalue weighted by Gasteiger charge is -2.36. The van der Waals surface area contributed by atoms with E-state index in [2.05, 4.69) is 32.0 Å². The Bertz CT molecular complexity index is 1190. The standard InChI is InChI=1S/C19H17BrClN3O5S/c1-23-18(27)12-5-10(19(9-22)3-2-4-19)6-14(16(12)25)24-30(28,29)15-8-11(20)7-13(21)17(15)26/h5-8,24-26H,2-4H2,1H3,(H,23,27). The minimum Gasteiger partial charge on any atom is -0.505 e. The molecule has 1 aliphatic carbocycles. The van der Waals surface area contributed by atoms with Crippen LogP contribution in [0, 0.1) is 11.3 Å². The number of phenolic OH excluding ortho intramolecular Hbond substituents is 2. The zero-order chi connectivity index (χ0) is 22.3. The molecule has 1 saturated carbocycles. The van der Waals surface area contributed by atoms with Crippen molar-refractivity contribution in [3.05, 3.63) is 44.9 Å². The normalized spacial score (nSPS) is 15.0. The number of carbonyl (C=O) groups is 1. The Morgan fingerprint density at radius 3 is 2.43 bits per heavy atom. The summed E-state index contributed by atoms with van der Waals surface area (Å²) in [6.07, 6.45) is 1.92. The topological polar surface area (TPSA) is 140 Å². The van der Waals surface area contributed by atoms with E-state index in [-0.39, 0.29) is 16.3 Å². The number of benzene rings is 2. The molecule has 2 aromatic carbocycles. The lowest BCUT2D eigenvalue weighted by Crippen LogP contribution is -2.33. The maximum Gasteiger partial charge on any atom is 0.265 e. The average molecular weight is 515 g/mol. The lowest BCUT2D eigenvalue weighted by molar-refractivity contribution is 0.0960. The summed E-state index contributed by atoms with van der Waals surface area (Å²) in [6, 6.07) is 7.42. The second-order valence-electron chi connectivity index (χ2n) is 6.89. The Hall–Kier alpha value is -2.48. The first-order chi connectivity index (χ1) is 14.0. The molecule has 30 heavy (non-hydrogen) atoms. The number of phenols is 2. The molecule has 4 N–H and O–H groups in total. The fraction of sp³-hybridized carbons (Fsp3) is 0.263. The molecule has 0 aromatic heterocycles. The van der Waals surface area contributed by atoms with Gasteiger partial charge in [-0.15, -0.1) is 0 Å². The Morgan fingerprint density at radius 2 is 1.90 bits per heavy atom. The minimum atomic E-state index is -4.41. The number of anilines is 1. The molecule has 0 atom stereocenters. The van der Waals surface area contributed by atoms with Gasteiger partial charge in [0.2, 0.25) is 0 Å². The maximum atomic E-state index is 12.9. The molecule has 1 fully saturated rings. The van der Waals surface area contributed by atoms with Crippen molar-refractivity contribution in [1.29, 1.82) is 5.26 Å². The molecule has 0 unspecified atom stereocenters. The van der Waals surface area contributed by atoms with Gasteiger partial charge in [-0.1, -0.05) is 27.5 Å². The highest BCUT2D eigenvalue weighted by Crippen LogP contribution is 2.46. The van der Waals surface area contributed by atoms with Crippen LogP contribution in [0.5, 0.6) is 11.5 Å². The van der Waals surface area contributed by atoms with Crippen LogP contribution in [0.4, 0.5) is 5.69 Å². The molecule has 0 radical (unpaired) electrons. The Morgan fingerprint density at radius 1 is 1.23 bits per heavy atom. The van der Waals surface area contributed by atoms with Crippen molar-refractivity contribution >= 4 is 49.1 Å². The fourth-order valence-corrected chi connectivity index (χ4v) is 5.46. The first-order valence-corrected chi connectivity index (χ1v) is 11.4. The van der Waals surface area contributed by atoms with Gasteiger partial charge in [0.1, 0.15) is 4.90 Å². The quantitative estimate of drug-likeness (QED) is 0.449. The van der Waals surface area contributed by atoms with Crippen molar-refractivity contribution in [3.63, 3.8) is 0 Å². The van der Waals surface area contributed by atoms with E-state index >= 15 is 0 Å². The molecule has 11 heteroatoms. The van der Waals surface area contributed by atoms with Gasteiger partial charge in [0, 0.05) is 11.5 Å². The zero-order valence-corrected chi connectivity index (χ0v) is 18.8. The predicted molar refractivity (Wildman–Crippen MR) is 114 cm³/mol. The van der Waals surface area contributed by atoms with E-state index < -0.39 is 37.7 Å². The van der Waals surface area contributed by atoms with E-state index in [4.69, 9.17) is 11.6 Å². The fourth-order valence-electron chi connectivity index (χ4n) is 3.24. The smallest absolute Gasteiger partial charge is 0.265 e. The molecule has 0 saturated heterocycles. The molecule has 0 bridgehead atoms. The van der Waals surface area contributed by atoms with Crippen LogP contribution in [0.3, 0.4) is 0 Å². The molecule has 0 aliphatic heterocycles. The number of aromatic hydroxyl groups is 2. The monoisotopic (exact) mass is 513 g/mol. The first kappa shape index (κ1) is 22.2. The number of sulfonamides is 1. The van der Waals surface area contributed by atoms with Gasteiger partial charge < -0.3 is 15.5 Å².